The number of hydrogen-bond donors (Lipinski definition) is 1. The Morgan fingerprint density at radius 2 is 2.17 bits per heavy atom. The third kappa shape index (κ3) is 3.57. The molecule has 1 aliphatic carbocycles. The van der Waals surface area contributed by atoms with Crippen molar-refractivity contribution >= 4 is 5.97 Å². The van der Waals surface area contributed by atoms with Crippen molar-refractivity contribution in [1.29, 1.82) is 0 Å². The average Bonchev–Trinajstić information content (AvgIpc) is 3.00. The van der Waals surface area contributed by atoms with E-state index >= 15 is 0 Å². The number of carboxylic acids is 1. The third-order valence-electron chi connectivity index (χ3n) is 3.88. The van der Waals surface area contributed by atoms with Gasteiger partial charge in [-0.3, -0.25) is 4.79 Å². The number of benzene rings is 1. The van der Waals surface area contributed by atoms with Crippen LogP contribution in [0.15, 0.2) is 30.3 Å². The Morgan fingerprint density at radius 1 is 1.44 bits per heavy atom. The molecule has 1 fully saturated rings. The number of ether oxygens (including phenoxy) is 1. The van der Waals surface area contributed by atoms with E-state index < -0.39 is 5.97 Å². The van der Waals surface area contributed by atoms with E-state index in [4.69, 9.17) is 9.84 Å². The van der Waals surface area contributed by atoms with Crippen LogP contribution >= 0.6 is 0 Å². The highest BCUT2D eigenvalue weighted by molar-refractivity contribution is 5.66. The predicted molar refractivity (Wildman–Crippen MR) is 69.2 cm³/mol. The molecule has 1 aliphatic rings. The topological polar surface area (TPSA) is 46.5 Å². The first-order valence-corrected chi connectivity index (χ1v) is 6.44. The Balaban J connectivity index is 1.66. The maximum absolute atomic E-state index is 10.5. The smallest absolute Gasteiger partial charge is 0.303 e. The minimum Gasteiger partial charge on any atom is -0.481 e. The van der Waals surface area contributed by atoms with E-state index in [-0.39, 0.29) is 11.8 Å². The molecule has 0 aliphatic heterocycles. The molecule has 0 radical (unpaired) electrons. The van der Waals surface area contributed by atoms with Crippen LogP contribution in [0, 0.1) is 11.3 Å². The molecule has 0 amide bonds. The molecular formula is C15H20O3. The zero-order valence-corrected chi connectivity index (χ0v) is 10.8. The van der Waals surface area contributed by atoms with E-state index in [9.17, 15) is 4.79 Å². The van der Waals surface area contributed by atoms with Gasteiger partial charge in [0.25, 0.3) is 0 Å². The lowest BCUT2D eigenvalue weighted by molar-refractivity contribution is -0.137. The number of hydrogen-bond acceptors (Lipinski definition) is 2. The largest absolute Gasteiger partial charge is 0.481 e. The molecule has 0 bridgehead atoms. The molecule has 0 unspecified atom stereocenters. The van der Waals surface area contributed by atoms with E-state index in [0.717, 1.165) is 19.4 Å². The molecular weight excluding hydrogens is 228 g/mol. The zero-order chi connectivity index (χ0) is 13.0. The Morgan fingerprint density at radius 3 is 2.83 bits per heavy atom. The molecule has 0 heterocycles. The van der Waals surface area contributed by atoms with Crippen LogP contribution in [0.4, 0.5) is 0 Å². The van der Waals surface area contributed by atoms with Gasteiger partial charge in [0, 0.05) is 6.42 Å². The second kappa shape index (κ2) is 5.53. The molecule has 3 heteroatoms. The van der Waals surface area contributed by atoms with Crippen molar-refractivity contribution in [3.8, 4) is 0 Å². The van der Waals surface area contributed by atoms with E-state index in [1.165, 1.54) is 5.56 Å². The predicted octanol–water partition coefficient (Wildman–Crippen LogP) is 3.09. The summed E-state index contributed by atoms with van der Waals surface area (Å²) in [6, 6.07) is 10.1. The van der Waals surface area contributed by atoms with Crippen LogP contribution in [0.2, 0.25) is 0 Å². The van der Waals surface area contributed by atoms with Crippen LogP contribution < -0.4 is 0 Å². The van der Waals surface area contributed by atoms with Gasteiger partial charge in [-0.25, -0.2) is 0 Å². The summed E-state index contributed by atoms with van der Waals surface area (Å²) in [5, 5.41) is 8.68. The Kier molecular flexibility index (Phi) is 4.02. The fourth-order valence-corrected chi connectivity index (χ4v) is 2.36. The monoisotopic (exact) mass is 248 g/mol. The van der Waals surface area contributed by atoms with Gasteiger partial charge in [-0.15, -0.1) is 0 Å². The summed E-state index contributed by atoms with van der Waals surface area (Å²) >= 11 is 0. The minimum atomic E-state index is -0.702. The summed E-state index contributed by atoms with van der Waals surface area (Å²) in [4.78, 5) is 10.5. The normalized spacial score (nSPS) is 25.9. The first kappa shape index (κ1) is 13.1. The van der Waals surface area contributed by atoms with Crippen LogP contribution in [0.5, 0.6) is 0 Å². The molecule has 3 nitrogen and oxygen atoms in total. The van der Waals surface area contributed by atoms with Gasteiger partial charge in [-0.1, -0.05) is 37.3 Å². The third-order valence-corrected chi connectivity index (χ3v) is 3.88. The van der Waals surface area contributed by atoms with Gasteiger partial charge in [0.15, 0.2) is 0 Å². The summed E-state index contributed by atoms with van der Waals surface area (Å²) in [5.74, 6) is -0.173. The second-order valence-corrected chi connectivity index (χ2v) is 5.45. The first-order chi connectivity index (χ1) is 8.60. The van der Waals surface area contributed by atoms with Crippen molar-refractivity contribution < 1.29 is 14.6 Å². The van der Waals surface area contributed by atoms with Crippen LogP contribution in [-0.4, -0.2) is 17.7 Å². The molecule has 1 aromatic rings. The molecule has 98 valence electrons. The fraction of sp³-hybridized carbons (Fsp3) is 0.533. The highest BCUT2D eigenvalue weighted by Gasteiger charge is 2.49. The van der Waals surface area contributed by atoms with Crippen molar-refractivity contribution in [3.05, 3.63) is 35.9 Å². The Labute approximate surface area is 108 Å². The van der Waals surface area contributed by atoms with Crippen molar-refractivity contribution in [2.45, 2.75) is 32.8 Å². The van der Waals surface area contributed by atoms with Crippen molar-refractivity contribution in [2.24, 2.45) is 11.3 Å². The van der Waals surface area contributed by atoms with E-state index in [0.29, 0.717) is 12.5 Å². The Bertz CT molecular complexity index is 401. The molecule has 18 heavy (non-hydrogen) atoms. The van der Waals surface area contributed by atoms with Crippen LogP contribution in [0.25, 0.3) is 0 Å². The van der Waals surface area contributed by atoms with Gasteiger partial charge in [0.1, 0.15) is 0 Å². The van der Waals surface area contributed by atoms with Gasteiger partial charge < -0.3 is 9.84 Å². The lowest BCUT2D eigenvalue weighted by Crippen LogP contribution is -2.07. The minimum absolute atomic E-state index is 0.190. The van der Waals surface area contributed by atoms with Gasteiger partial charge >= 0.3 is 5.97 Å². The molecule has 0 spiro atoms. The molecule has 0 saturated heterocycles. The maximum atomic E-state index is 10.5. The van der Waals surface area contributed by atoms with Crippen molar-refractivity contribution in [2.75, 3.05) is 6.61 Å². The quantitative estimate of drug-likeness (QED) is 0.806. The number of carbonyl (C=O) groups is 1. The molecule has 0 aromatic heterocycles. The molecule has 1 N–H and O–H groups in total. The van der Waals surface area contributed by atoms with Crippen molar-refractivity contribution in [3.63, 3.8) is 0 Å². The Hall–Kier alpha value is -1.35. The SMILES string of the molecule is C[C@@]1(CCC(=O)O)C[C@@H]1COCc1ccccc1. The van der Waals surface area contributed by atoms with E-state index in [1.54, 1.807) is 0 Å². The molecule has 1 aromatic carbocycles. The zero-order valence-electron chi connectivity index (χ0n) is 10.8. The van der Waals surface area contributed by atoms with Gasteiger partial charge in [-0.05, 0) is 29.7 Å². The number of carboxylic acid groups (broad SMARTS) is 1. The molecule has 2 rings (SSSR count). The molecule has 1 saturated carbocycles. The van der Waals surface area contributed by atoms with E-state index in [2.05, 4.69) is 19.1 Å². The maximum Gasteiger partial charge on any atom is 0.303 e. The van der Waals surface area contributed by atoms with E-state index in [1.807, 2.05) is 18.2 Å². The molecule has 2 atom stereocenters. The number of rotatable bonds is 7. The lowest BCUT2D eigenvalue weighted by Gasteiger charge is -2.10. The summed E-state index contributed by atoms with van der Waals surface area (Å²) in [6.45, 7) is 3.55. The van der Waals surface area contributed by atoms with Gasteiger partial charge in [0.2, 0.25) is 0 Å². The highest BCUT2D eigenvalue weighted by atomic mass is 16.5. The van der Waals surface area contributed by atoms with Crippen LogP contribution in [-0.2, 0) is 16.1 Å². The number of aliphatic carboxylic acids is 1. The first-order valence-electron chi connectivity index (χ1n) is 6.44. The average molecular weight is 248 g/mol. The standard InChI is InChI=1S/C15H20O3/c1-15(8-7-14(16)17)9-13(15)11-18-10-12-5-3-2-4-6-12/h2-6,13H,7-11H2,1H3,(H,16,17)/t13-,15-/m1/s1. The van der Waals surface area contributed by atoms with Crippen LogP contribution in [0.1, 0.15) is 31.7 Å². The lowest BCUT2D eigenvalue weighted by atomic mass is 10.00. The second-order valence-electron chi connectivity index (χ2n) is 5.45. The van der Waals surface area contributed by atoms with Gasteiger partial charge in [-0.2, -0.15) is 0 Å². The summed E-state index contributed by atoms with van der Waals surface area (Å²) in [7, 11) is 0. The van der Waals surface area contributed by atoms with Gasteiger partial charge in [0.05, 0.1) is 13.2 Å². The van der Waals surface area contributed by atoms with Crippen LogP contribution in [0.3, 0.4) is 0 Å². The van der Waals surface area contributed by atoms with Crippen molar-refractivity contribution in [1.82, 2.24) is 0 Å². The summed E-state index contributed by atoms with van der Waals surface area (Å²) in [5.41, 5.74) is 1.38. The summed E-state index contributed by atoms with van der Waals surface area (Å²) in [6.07, 6.45) is 2.13. The highest BCUT2D eigenvalue weighted by Crippen LogP contribution is 2.55. The fourth-order valence-electron chi connectivity index (χ4n) is 2.36. The summed E-state index contributed by atoms with van der Waals surface area (Å²) < 4.78 is 5.70.